The van der Waals surface area contributed by atoms with Gasteiger partial charge in [0.1, 0.15) is 0 Å². The summed E-state index contributed by atoms with van der Waals surface area (Å²) in [7, 11) is 0. The van der Waals surface area contributed by atoms with Crippen LogP contribution in [0.5, 0.6) is 0 Å². The summed E-state index contributed by atoms with van der Waals surface area (Å²) in [6.07, 6.45) is 39.2. The average molecular weight is 385 g/mol. The van der Waals surface area contributed by atoms with Crippen molar-refractivity contribution in [3.8, 4) is 0 Å². The minimum absolute atomic E-state index is 0.844. The quantitative estimate of drug-likeness (QED) is 0.206. The van der Waals surface area contributed by atoms with Crippen LogP contribution < -0.4 is 0 Å². The highest BCUT2D eigenvalue weighted by Gasteiger charge is 2.19. The van der Waals surface area contributed by atoms with Crippen LogP contribution >= 0.6 is 0 Å². The Hall–Kier alpha value is -0.780. The van der Waals surface area contributed by atoms with E-state index in [1.807, 2.05) is 0 Å². The van der Waals surface area contributed by atoms with Crippen molar-refractivity contribution >= 4 is 0 Å². The van der Waals surface area contributed by atoms with Gasteiger partial charge in [0, 0.05) is 0 Å². The fourth-order valence-electron chi connectivity index (χ4n) is 5.07. The molecule has 0 radical (unpaired) electrons. The average Bonchev–Trinajstić information content (AvgIpc) is 3.24. The fourth-order valence-corrected chi connectivity index (χ4v) is 5.07. The summed E-state index contributed by atoms with van der Waals surface area (Å²) >= 11 is 0. The van der Waals surface area contributed by atoms with Crippen LogP contribution in [0.15, 0.2) is 36.0 Å². The molecule has 0 bridgehead atoms. The second-order valence-electron chi connectivity index (χ2n) is 9.45. The number of allylic oxidation sites excluding steroid dienone is 6. The molecule has 0 aromatic rings. The maximum Gasteiger partial charge on any atom is -0.0165 e. The molecule has 0 N–H and O–H groups in total. The van der Waals surface area contributed by atoms with Crippen LogP contribution in [0.3, 0.4) is 0 Å². The van der Waals surface area contributed by atoms with E-state index >= 15 is 0 Å². The first kappa shape index (κ1) is 23.5. The van der Waals surface area contributed by atoms with Crippen molar-refractivity contribution in [2.24, 2.45) is 11.8 Å². The molecule has 0 atom stereocenters. The van der Waals surface area contributed by atoms with Crippen LogP contribution in [-0.4, -0.2) is 0 Å². The third-order valence-electron chi connectivity index (χ3n) is 6.91. The van der Waals surface area contributed by atoms with Crippen LogP contribution in [0.2, 0.25) is 0 Å². The van der Waals surface area contributed by atoms with Gasteiger partial charge in [-0.05, 0) is 55.9 Å². The standard InChI is InChI=1S/C28H48/c1-2-3-4-5-6-7-8-9-10-11-12-13-15-24-28(25-26-20-18-19-21-26)27-22-16-14-17-23-27/h12-13,15,24-27H,2-11,14,16-23H2,1H3. The van der Waals surface area contributed by atoms with Gasteiger partial charge in [0.15, 0.2) is 0 Å². The Bertz CT molecular complexity index is 441. The Balaban J connectivity index is 1.61. The molecule has 2 aliphatic carbocycles. The lowest BCUT2D eigenvalue weighted by Crippen LogP contribution is -2.09. The van der Waals surface area contributed by atoms with Crippen molar-refractivity contribution in [2.75, 3.05) is 0 Å². The molecule has 2 fully saturated rings. The van der Waals surface area contributed by atoms with Crippen molar-refractivity contribution in [1.82, 2.24) is 0 Å². The Morgan fingerprint density at radius 2 is 1.29 bits per heavy atom. The minimum Gasteiger partial charge on any atom is -0.0845 e. The molecule has 0 heteroatoms. The zero-order valence-electron chi connectivity index (χ0n) is 19.0. The lowest BCUT2D eigenvalue weighted by Gasteiger charge is -2.23. The van der Waals surface area contributed by atoms with Gasteiger partial charge in [-0.2, -0.15) is 0 Å². The molecule has 0 spiro atoms. The lowest BCUT2D eigenvalue weighted by molar-refractivity contribution is 0.405. The van der Waals surface area contributed by atoms with E-state index in [0.29, 0.717) is 0 Å². The minimum atomic E-state index is 0.844. The number of hydrogen-bond acceptors (Lipinski definition) is 0. The van der Waals surface area contributed by atoms with Gasteiger partial charge in [0.25, 0.3) is 0 Å². The van der Waals surface area contributed by atoms with Crippen LogP contribution in [0.25, 0.3) is 0 Å². The van der Waals surface area contributed by atoms with Gasteiger partial charge in [-0.25, -0.2) is 0 Å². The Morgan fingerprint density at radius 1 is 0.679 bits per heavy atom. The molecule has 0 aliphatic heterocycles. The summed E-state index contributed by atoms with van der Waals surface area (Å²) in [6.45, 7) is 2.30. The maximum atomic E-state index is 2.66. The SMILES string of the molecule is CCCCCCCCCCCC=CC=CC(=CC1CCCC1)C1CCCCC1. The molecular weight excluding hydrogens is 336 g/mol. The van der Waals surface area contributed by atoms with Gasteiger partial charge in [-0.1, -0.05) is 121 Å². The Labute approximate surface area is 177 Å². The summed E-state index contributed by atoms with van der Waals surface area (Å²) in [6, 6.07) is 0. The van der Waals surface area contributed by atoms with E-state index in [4.69, 9.17) is 0 Å². The highest BCUT2D eigenvalue weighted by atomic mass is 14.2. The Morgan fingerprint density at radius 3 is 1.96 bits per heavy atom. The van der Waals surface area contributed by atoms with E-state index in [9.17, 15) is 0 Å². The van der Waals surface area contributed by atoms with E-state index in [1.54, 1.807) is 5.57 Å². The topological polar surface area (TPSA) is 0 Å². The number of unbranched alkanes of at least 4 members (excludes halogenated alkanes) is 9. The lowest BCUT2D eigenvalue weighted by atomic mass is 9.82. The molecule has 2 saturated carbocycles. The van der Waals surface area contributed by atoms with Crippen molar-refractivity contribution in [3.63, 3.8) is 0 Å². The van der Waals surface area contributed by atoms with Gasteiger partial charge in [0.2, 0.25) is 0 Å². The summed E-state index contributed by atoms with van der Waals surface area (Å²) in [5.74, 6) is 1.71. The normalized spacial score (nSPS) is 20.1. The monoisotopic (exact) mass is 384 g/mol. The van der Waals surface area contributed by atoms with Crippen LogP contribution in [0.1, 0.15) is 129 Å². The number of hydrogen-bond donors (Lipinski definition) is 0. The molecule has 2 rings (SSSR count). The van der Waals surface area contributed by atoms with Gasteiger partial charge >= 0.3 is 0 Å². The first-order valence-electron chi connectivity index (χ1n) is 12.9. The van der Waals surface area contributed by atoms with Crippen molar-refractivity contribution in [3.05, 3.63) is 36.0 Å². The van der Waals surface area contributed by atoms with Crippen LogP contribution in [0, 0.1) is 11.8 Å². The van der Waals surface area contributed by atoms with E-state index in [0.717, 1.165) is 11.8 Å². The van der Waals surface area contributed by atoms with Gasteiger partial charge in [-0.15, -0.1) is 0 Å². The first-order chi connectivity index (χ1) is 13.9. The predicted octanol–water partition coefficient (Wildman–Crippen LogP) is 9.72. The van der Waals surface area contributed by atoms with Gasteiger partial charge in [-0.3, -0.25) is 0 Å². The predicted molar refractivity (Wildman–Crippen MR) is 127 cm³/mol. The third-order valence-corrected chi connectivity index (χ3v) is 6.91. The summed E-state index contributed by atoms with van der Waals surface area (Å²) in [4.78, 5) is 0. The van der Waals surface area contributed by atoms with E-state index < -0.39 is 0 Å². The molecular formula is C28H48. The first-order valence-corrected chi connectivity index (χ1v) is 12.9. The molecule has 2 aliphatic rings. The van der Waals surface area contributed by atoms with Gasteiger partial charge in [0.05, 0.1) is 0 Å². The summed E-state index contributed by atoms with van der Waals surface area (Å²) in [5.41, 5.74) is 1.67. The third kappa shape index (κ3) is 10.7. The molecule has 0 aromatic carbocycles. The zero-order chi connectivity index (χ0) is 19.7. The fraction of sp³-hybridized carbons (Fsp3) is 0.786. The van der Waals surface area contributed by atoms with E-state index in [1.165, 1.54) is 122 Å². The van der Waals surface area contributed by atoms with Crippen molar-refractivity contribution < 1.29 is 0 Å². The molecule has 160 valence electrons. The second-order valence-corrected chi connectivity index (χ2v) is 9.45. The number of rotatable bonds is 14. The molecule has 0 heterocycles. The molecule has 28 heavy (non-hydrogen) atoms. The molecule has 0 amide bonds. The molecule has 0 nitrogen and oxygen atoms in total. The van der Waals surface area contributed by atoms with Gasteiger partial charge < -0.3 is 0 Å². The highest BCUT2D eigenvalue weighted by molar-refractivity contribution is 5.26. The second kappa shape index (κ2) is 16.1. The van der Waals surface area contributed by atoms with Crippen LogP contribution in [0.4, 0.5) is 0 Å². The maximum absolute atomic E-state index is 2.66. The molecule has 0 aromatic heterocycles. The molecule has 0 unspecified atom stereocenters. The summed E-state index contributed by atoms with van der Waals surface area (Å²) < 4.78 is 0. The smallest absolute Gasteiger partial charge is 0.0165 e. The largest absolute Gasteiger partial charge is 0.0845 e. The van der Waals surface area contributed by atoms with E-state index in [2.05, 4.69) is 37.3 Å². The van der Waals surface area contributed by atoms with Crippen molar-refractivity contribution in [1.29, 1.82) is 0 Å². The highest BCUT2D eigenvalue weighted by Crippen LogP contribution is 2.34. The summed E-state index contributed by atoms with van der Waals surface area (Å²) in [5, 5.41) is 0. The van der Waals surface area contributed by atoms with Crippen LogP contribution in [-0.2, 0) is 0 Å². The zero-order valence-corrected chi connectivity index (χ0v) is 19.0. The Kier molecular flexibility index (Phi) is 13.5. The molecule has 0 saturated heterocycles. The van der Waals surface area contributed by atoms with Crippen molar-refractivity contribution in [2.45, 2.75) is 129 Å². The van der Waals surface area contributed by atoms with E-state index in [-0.39, 0.29) is 0 Å².